The van der Waals surface area contributed by atoms with Gasteiger partial charge in [-0.05, 0) is 69.9 Å². The number of ether oxygens (including phenoxy) is 1. The number of carbonyl (C=O) groups is 3. The highest BCUT2D eigenvalue weighted by Gasteiger charge is 2.36. The summed E-state index contributed by atoms with van der Waals surface area (Å²) >= 11 is 0. The van der Waals surface area contributed by atoms with Gasteiger partial charge in [0.25, 0.3) is 5.91 Å². The van der Waals surface area contributed by atoms with Crippen LogP contribution in [0.1, 0.15) is 60.7 Å². The Labute approximate surface area is 217 Å². The van der Waals surface area contributed by atoms with E-state index in [1.54, 1.807) is 26.8 Å². The van der Waals surface area contributed by atoms with Gasteiger partial charge in [-0.1, -0.05) is 24.3 Å². The van der Waals surface area contributed by atoms with Crippen molar-refractivity contribution in [1.29, 1.82) is 0 Å². The lowest BCUT2D eigenvalue weighted by molar-refractivity contribution is -0.155. The molecule has 8 nitrogen and oxygen atoms in total. The molecule has 8 heteroatoms. The standard InChI is InChI=1S/C29H34N4O4/c1-17-8-7-9-18(2)25(17)27-31-22(16-32(27)6)19-10-11-21-20(14-19)15-33(28(21)36)23(26(30)35)12-13-24(34)37-29(3,4)5/h7-11,14,16,23H,12-13,15H2,1-6H3,(H2,30,35). The zero-order chi connectivity index (χ0) is 27.1. The number of amides is 2. The highest BCUT2D eigenvalue weighted by molar-refractivity contribution is 6.01. The molecule has 1 aromatic heterocycles. The van der Waals surface area contributed by atoms with Crippen molar-refractivity contribution in [1.82, 2.24) is 14.5 Å². The van der Waals surface area contributed by atoms with Crippen LogP contribution < -0.4 is 5.73 Å². The van der Waals surface area contributed by atoms with Crippen LogP contribution in [0.5, 0.6) is 0 Å². The SMILES string of the molecule is Cc1cccc(C)c1-c1nc(-c2ccc3c(c2)CN(C(CCC(=O)OC(C)(C)C)C(N)=O)C3=O)cn1C. The van der Waals surface area contributed by atoms with Crippen LogP contribution in [0.15, 0.2) is 42.6 Å². The van der Waals surface area contributed by atoms with Gasteiger partial charge in [-0.25, -0.2) is 4.98 Å². The summed E-state index contributed by atoms with van der Waals surface area (Å²) in [5.74, 6) is -0.473. The van der Waals surface area contributed by atoms with E-state index in [0.29, 0.717) is 5.56 Å². The van der Waals surface area contributed by atoms with E-state index in [1.807, 2.05) is 36.0 Å². The summed E-state index contributed by atoms with van der Waals surface area (Å²) < 4.78 is 7.35. The van der Waals surface area contributed by atoms with E-state index in [-0.39, 0.29) is 25.3 Å². The van der Waals surface area contributed by atoms with Crippen molar-refractivity contribution in [3.05, 3.63) is 64.8 Å². The molecule has 0 saturated heterocycles. The average molecular weight is 503 g/mol. The molecular formula is C29H34N4O4. The van der Waals surface area contributed by atoms with Crippen molar-refractivity contribution in [3.63, 3.8) is 0 Å². The third kappa shape index (κ3) is 5.43. The van der Waals surface area contributed by atoms with Crippen LogP contribution in [-0.4, -0.2) is 43.9 Å². The maximum absolute atomic E-state index is 13.2. The second kappa shape index (κ2) is 9.84. The van der Waals surface area contributed by atoms with Gasteiger partial charge >= 0.3 is 5.97 Å². The Morgan fingerprint density at radius 1 is 1.14 bits per heavy atom. The van der Waals surface area contributed by atoms with Crippen molar-refractivity contribution in [2.45, 2.75) is 65.6 Å². The van der Waals surface area contributed by atoms with E-state index in [1.165, 1.54) is 4.90 Å². The molecule has 194 valence electrons. The molecule has 0 fully saturated rings. The molecule has 0 radical (unpaired) electrons. The molecule has 2 amide bonds. The van der Waals surface area contributed by atoms with Crippen LogP contribution in [0.2, 0.25) is 0 Å². The van der Waals surface area contributed by atoms with Crippen molar-refractivity contribution in [2.75, 3.05) is 0 Å². The summed E-state index contributed by atoms with van der Waals surface area (Å²) in [6.45, 7) is 9.72. The van der Waals surface area contributed by atoms with Gasteiger partial charge in [0.15, 0.2) is 0 Å². The number of imidazole rings is 1. The Morgan fingerprint density at radius 2 is 1.81 bits per heavy atom. The highest BCUT2D eigenvalue weighted by Crippen LogP contribution is 2.33. The van der Waals surface area contributed by atoms with E-state index in [9.17, 15) is 14.4 Å². The number of rotatable bonds is 7. The van der Waals surface area contributed by atoms with Gasteiger partial charge in [-0.3, -0.25) is 14.4 Å². The first-order valence-corrected chi connectivity index (χ1v) is 12.4. The minimum absolute atomic E-state index is 0.00865. The summed E-state index contributed by atoms with van der Waals surface area (Å²) in [5.41, 5.74) is 11.4. The molecule has 0 bridgehead atoms. The topological polar surface area (TPSA) is 108 Å². The monoisotopic (exact) mass is 502 g/mol. The Balaban J connectivity index is 1.57. The van der Waals surface area contributed by atoms with Crippen molar-refractivity contribution in [2.24, 2.45) is 12.8 Å². The number of esters is 1. The van der Waals surface area contributed by atoms with Gasteiger partial charge in [0, 0.05) is 42.9 Å². The molecule has 2 N–H and O–H groups in total. The fourth-order valence-corrected chi connectivity index (χ4v) is 4.86. The number of hydrogen-bond donors (Lipinski definition) is 1. The molecule has 1 unspecified atom stereocenters. The Kier molecular flexibility index (Phi) is 6.95. The lowest BCUT2D eigenvalue weighted by Crippen LogP contribution is -2.45. The Morgan fingerprint density at radius 3 is 2.43 bits per heavy atom. The minimum atomic E-state index is -0.902. The number of primary amides is 1. The van der Waals surface area contributed by atoms with Gasteiger partial charge in [-0.2, -0.15) is 0 Å². The van der Waals surface area contributed by atoms with Crippen molar-refractivity contribution >= 4 is 17.8 Å². The summed E-state index contributed by atoms with van der Waals surface area (Å²) in [7, 11) is 1.97. The van der Waals surface area contributed by atoms with Crippen LogP contribution in [0, 0.1) is 13.8 Å². The molecule has 1 aliphatic heterocycles. The van der Waals surface area contributed by atoms with Crippen LogP contribution in [0.3, 0.4) is 0 Å². The zero-order valence-electron chi connectivity index (χ0n) is 22.3. The smallest absolute Gasteiger partial charge is 0.306 e. The normalized spacial score (nSPS) is 14.0. The van der Waals surface area contributed by atoms with Crippen molar-refractivity contribution in [3.8, 4) is 22.6 Å². The van der Waals surface area contributed by atoms with Gasteiger partial charge in [0.2, 0.25) is 5.91 Å². The number of benzene rings is 2. The number of fused-ring (bicyclic) bond motifs is 1. The molecule has 3 aromatic rings. The molecule has 1 atom stereocenters. The fourth-order valence-electron chi connectivity index (χ4n) is 4.86. The molecule has 0 aliphatic carbocycles. The van der Waals surface area contributed by atoms with E-state index in [0.717, 1.165) is 39.3 Å². The molecule has 0 spiro atoms. The predicted octanol–water partition coefficient (Wildman–Crippen LogP) is 4.30. The van der Waals surface area contributed by atoms with Crippen LogP contribution >= 0.6 is 0 Å². The second-order valence-corrected chi connectivity index (χ2v) is 10.7. The highest BCUT2D eigenvalue weighted by atomic mass is 16.6. The van der Waals surface area contributed by atoms with Crippen molar-refractivity contribution < 1.29 is 19.1 Å². The van der Waals surface area contributed by atoms with E-state index in [4.69, 9.17) is 15.5 Å². The average Bonchev–Trinajstić information content (AvgIpc) is 3.32. The quantitative estimate of drug-likeness (QED) is 0.485. The maximum Gasteiger partial charge on any atom is 0.306 e. The molecule has 37 heavy (non-hydrogen) atoms. The Bertz CT molecular complexity index is 1360. The molecule has 2 heterocycles. The van der Waals surface area contributed by atoms with Gasteiger partial charge < -0.3 is 19.9 Å². The zero-order valence-corrected chi connectivity index (χ0v) is 22.3. The number of aryl methyl sites for hydroxylation is 3. The number of carbonyl (C=O) groups excluding carboxylic acids is 3. The lowest BCUT2D eigenvalue weighted by atomic mass is 10.0. The Hall–Kier alpha value is -3.94. The summed E-state index contributed by atoms with van der Waals surface area (Å²) in [6, 6.07) is 10.9. The van der Waals surface area contributed by atoms with E-state index >= 15 is 0 Å². The second-order valence-electron chi connectivity index (χ2n) is 10.7. The number of nitrogens with two attached hydrogens (primary N) is 1. The molecular weight excluding hydrogens is 468 g/mol. The predicted molar refractivity (Wildman–Crippen MR) is 141 cm³/mol. The van der Waals surface area contributed by atoms with Crippen LogP contribution in [-0.2, 0) is 27.9 Å². The number of nitrogens with zero attached hydrogens (tertiary/aromatic N) is 3. The first-order chi connectivity index (χ1) is 17.4. The third-order valence-corrected chi connectivity index (χ3v) is 6.56. The number of aromatic nitrogens is 2. The van der Waals surface area contributed by atoms with Gasteiger partial charge in [0.05, 0.1) is 5.69 Å². The van der Waals surface area contributed by atoms with Crippen LogP contribution in [0.4, 0.5) is 0 Å². The molecule has 0 saturated carbocycles. The molecule has 1 aliphatic rings. The fraction of sp³-hybridized carbons (Fsp3) is 0.379. The minimum Gasteiger partial charge on any atom is -0.460 e. The first-order valence-electron chi connectivity index (χ1n) is 12.4. The molecule has 4 rings (SSSR count). The van der Waals surface area contributed by atoms with E-state index in [2.05, 4.69) is 26.0 Å². The van der Waals surface area contributed by atoms with Gasteiger partial charge in [0.1, 0.15) is 17.5 Å². The first kappa shape index (κ1) is 26.1. The maximum atomic E-state index is 13.2. The van der Waals surface area contributed by atoms with E-state index < -0.39 is 23.5 Å². The number of hydrogen-bond acceptors (Lipinski definition) is 5. The summed E-state index contributed by atoms with van der Waals surface area (Å²) in [4.78, 5) is 44.0. The largest absolute Gasteiger partial charge is 0.460 e. The summed E-state index contributed by atoms with van der Waals surface area (Å²) in [5, 5.41) is 0. The van der Waals surface area contributed by atoms with Crippen LogP contribution in [0.25, 0.3) is 22.6 Å². The third-order valence-electron chi connectivity index (χ3n) is 6.56. The molecule has 2 aromatic carbocycles. The lowest BCUT2D eigenvalue weighted by Gasteiger charge is -2.25. The van der Waals surface area contributed by atoms with Gasteiger partial charge in [-0.15, -0.1) is 0 Å². The summed E-state index contributed by atoms with van der Waals surface area (Å²) in [6.07, 6.45) is 2.08.